The van der Waals surface area contributed by atoms with E-state index in [4.69, 9.17) is 24.6 Å². The van der Waals surface area contributed by atoms with E-state index in [2.05, 4.69) is 20.6 Å². The maximum atomic E-state index is 12.4. The van der Waals surface area contributed by atoms with Crippen molar-refractivity contribution in [3.63, 3.8) is 0 Å². The SMILES string of the molecule is N#Cc1ncc2nc1OCC/C=C\COc1ccc(OCCO)cc1NC(=O)N2. The summed E-state index contributed by atoms with van der Waals surface area (Å²) in [6, 6.07) is 6.24. The Morgan fingerprint density at radius 2 is 2.17 bits per heavy atom. The number of ether oxygens (including phenoxy) is 3. The van der Waals surface area contributed by atoms with Gasteiger partial charge in [-0.3, -0.25) is 5.32 Å². The molecule has 2 amide bonds. The molecule has 2 bridgehead atoms. The van der Waals surface area contributed by atoms with Crippen LogP contribution in [0.2, 0.25) is 0 Å². The van der Waals surface area contributed by atoms with Gasteiger partial charge in [0.2, 0.25) is 5.69 Å². The van der Waals surface area contributed by atoms with Crippen molar-refractivity contribution < 1.29 is 24.1 Å². The molecule has 0 spiro atoms. The molecule has 150 valence electrons. The zero-order chi connectivity index (χ0) is 20.5. The van der Waals surface area contributed by atoms with Gasteiger partial charge >= 0.3 is 6.03 Å². The lowest BCUT2D eigenvalue weighted by molar-refractivity contribution is 0.201. The smallest absolute Gasteiger partial charge is 0.325 e. The van der Waals surface area contributed by atoms with Gasteiger partial charge in [-0.15, -0.1) is 0 Å². The Morgan fingerprint density at radius 3 is 3.00 bits per heavy atom. The minimum absolute atomic E-state index is 0.0311. The molecule has 1 aliphatic rings. The largest absolute Gasteiger partial charge is 0.491 e. The number of nitriles is 1. The summed E-state index contributed by atoms with van der Waals surface area (Å²) in [4.78, 5) is 20.5. The Morgan fingerprint density at radius 1 is 1.28 bits per heavy atom. The lowest BCUT2D eigenvalue weighted by atomic mass is 10.2. The number of anilines is 2. The molecule has 0 saturated carbocycles. The molecule has 1 aliphatic heterocycles. The Labute approximate surface area is 166 Å². The summed E-state index contributed by atoms with van der Waals surface area (Å²) in [5.41, 5.74) is 0.405. The maximum Gasteiger partial charge on any atom is 0.325 e. The van der Waals surface area contributed by atoms with E-state index in [0.717, 1.165) is 0 Å². The molecular weight excluding hydrogens is 378 g/mol. The van der Waals surface area contributed by atoms with Crippen LogP contribution in [0.1, 0.15) is 12.1 Å². The number of rotatable bonds is 3. The molecule has 3 N–H and O–H groups in total. The Bertz CT molecular complexity index is 941. The zero-order valence-corrected chi connectivity index (χ0v) is 15.4. The molecule has 1 aromatic heterocycles. The van der Waals surface area contributed by atoms with Crippen LogP contribution in [-0.2, 0) is 0 Å². The second-order valence-corrected chi connectivity index (χ2v) is 5.75. The quantitative estimate of drug-likeness (QED) is 0.669. The van der Waals surface area contributed by atoms with Gasteiger partial charge in [0, 0.05) is 6.07 Å². The van der Waals surface area contributed by atoms with E-state index < -0.39 is 6.03 Å². The average molecular weight is 397 g/mol. The standard InChI is InChI=1S/C19H19N5O5/c20-11-15-18-23-17(12-21-15)24-19(26)22-14-10-13(27-9-6-25)4-5-16(14)28-7-2-1-3-8-29-18/h1-2,4-5,10,12,25H,3,6-9H2,(H2,22,23,24,26)/b2-1-. The molecule has 2 heterocycles. The van der Waals surface area contributed by atoms with Crippen LogP contribution in [0.4, 0.5) is 16.3 Å². The number of nitrogens with zero attached hydrogens (tertiary/aromatic N) is 3. The van der Waals surface area contributed by atoms with E-state index >= 15 is 0 Å². The van der Waals surface area contributed by atoms with Crippen molar-refractivity contribution in [3.8, 4) is 23.4 Å². The van der Waals surface area contributed by atoms with Crippen LogP contribution < -0.4 is 24.8 Å². The fourth-order valence-corrected chi connectivity index (χ4v) is 2.41. The third-order valence-corrected chi connectivity index (χ3v) is 3.67. The topological polar surface area (TPSA) is 139 Å². The summed E-state index contributed by atoms with van der Waals surface area (Å²) in [6.45, 7) is 0.564. The Kier molecular flexibility index (Phi) is 6.80. The van der Waals surface area contributed by atoms with Gasteiger partial charge in [-0.1, -0.05) is 12.2 Å². The Hall–Kier alpha value is -3.84. The predicted octanol–water partition coefficient (Wildman–Crippen LogP) is 2.08. The number of aromatic nitrogens is 2. The van der Waals surface area contributed by atoms with E-state index in [1.807, 2.05) is 18.2 Å². The summed E-state index contributed by atoms with van der Waals surface area (Å²) < 4.78 is 16.6. The molecule has 0 unspecified atom stereocenters. The molecule has 29 heavy (non-hydrogen) atoms. The second-order valence-electron chi connectivity index (χ2n) is 5.75. The number of hydrogen-bond acceptors (Lipinski definition) is 8. The molecule has 1 aromatic carbocycles. The van der Waals surface area contributed by atoms with E-state index in [-0.39, 0.29) is 43.8 Å². The van der Waals surface area contributed by atoms with Gasteiger partial charge in [0.15, 0.2) is 5.82 Å². The van der Waals surface area contributed by atoms with Crippen molar-refractivity contribution in [2.24, 2.45) is 0 Å². The third-order valence-electron chi connectivity index (χ3n) is 3.67. The zero-order valence-electron chi connectivity index (χ0n) is 15.4. The maximum absolute atomic E-state index is 12.4. The van der Waals surface area contributed by atoms with Crippen molar-refractivity contribution >= 4 is 17.5 Å². The number of fused-ring (bicyclic) bond motifs is 3. The molecular formula is C19H19N5O5. The van der Waals surface area contributed by atoms with Crippen LogP contribution in [-0.4, -0.2) is 47.5 Å². The highest BCUT2D eigenvalue weighted by molar-refractivity contribution is 6.00. The first kappa shape index (κ1) is 19.9. The number of carbonyl (C=O) groups is 1. The minimum atomic E-state index is -0.593. The second kappa shape index (κ2) is 9.91. The number of benzene rings is 1. The van der Waals surface area contributed by atoms with Gasteiger partial charge < -0.3 is 24.6 Å². The molecule has 0 atom stereocenters. The first-order valence-corrected chi connectivity index (χ1v) is 8.83. The lowest BCUT2D eigenvalue weighted by Crippen LogP contribution is -2.21. The van der Waals surface area contributed by atoms with Gasteiger partial charge in [-0.05, 0) is 18.6 Å². The van der Waals surface area contributed by atoms with E-state index in [1.165, 1.54) is 6.20 Å². The average Bonchev–Trinajstić information content (AvgIpc) is 2.72. The van der Waals surface area contributed by atoms with Gasteiger partial charge in [0.25, 0.3) is 5.88 Å². The van der Waals surface area contributed by atoms with Crippen molar-refractivity contribution in [1.29, 1.82) is 5.26 Å². The van der Waals surface area contributed by atoms with Gasteiger partial charge in [0.1, 0.15) is 30.8 Å². The van der Waals surface area contributed by atoms with Crippen LogP contribution in [0.25, 0.3) is 0 Å². The highest BCUT2D eigenvalue weighted by Crippen LogP contribution is 2.30. The highest BCUT2D eigenvalue weighted by Gasteiger charge is 2.14. The third kappa shape index (κ3) is 5.57. The summed E-state index contributed by atoms with van der Waals surface area (Å²) in [5.74, 6) is 1.07. The molecule has 0 fully saturated rings. The highest BCUT2D eigenvalue weighted by atomic mass is 16.5. The van der Waals surface area contributed by atoms with Crippen molar-refractivity contribution in [2.75, 3.05) is 37.1 Å². The number of aliphatic hydroxyl groups is 1. The molecule has 0 radical (unpaired) electrons. The Balaban J connectivity index is 1.87. The van der Waals surface area contributed by atoms with Crippen molar-refractivity contribution in [1.82, 2.24) is 9.97 Å². The first-order valence-electron chi connectivity index (χ1n) is 8.83. The van der Waals surface area contributed by atoms with Crippen LogP contribution in [0.15, 0.2) is 36.5 Å². The summed E-state index contributed by atoms with van der Waals surface area (Å²) in [7, 11) is 0. The first-order chi connectivity index (χ1) is 14.2. The van der Waals surface area contributed by atoms with Gasteiger partial charge in [-0.2, -0.15) is 10.2 Å². The molecule has 3 rings (SSSR count). The molecule has 2 aromatic rings. The van der Waals surface area contributed by atoms with Crippen LogP contribution in [0.5, 0.6) is 17.4 Å². The van der Waals surface area contributed by atoms with Crippen LogP contribution in [0.3, 0.4) is 0 Å². The van der Waals surface area contributed by atoms with Crippen LogP contribution >= 0.6 is 0 Å². The normalized spacial score (nSPS) is 15.0. The number of nitrogens with one attached hydrogen (secondary N) is 2. The number of urea groups is 1. The summed E-state index contributed by atoms with van der Waals surface area (Å²) in [5, 5.41) is 23.3. The fraction of sp³-hybridized carbons (Fsp3) is 0.263. The predicted molar refractivity (Wildman–Crippen MR) is 103 cm³/mol. The minimum Gasteiger partial charge on any atom is -0.491 e. The number of amides is 2. The number of hydrogen-bond donors (Lipinski definition) is 3. The van der Waals surface area contributed by atoms with Gasteiger partial charge in [-0.25, -0.2) is 9.78 Å². The molecule has 10 heteroatoms. The van der Waals surface area contributed by atoms with Crippen LogP contribution in [0, 0.1) is 11.3 Å². The van der Waals surface area contributed by atoms with E-state index in [1.54, 1.807) is 18.2 Å². The number of aliphatic hydroxyl groups excluding tert-OH is 1. The van der Waals surface area contributed by atoms with E-state index in [9.17, 15) is 4.79 Å². The molecule has 0 saturated heterocycles. The molecule has 0 aliphatic carbocycles. The summed E-state index contributed by atoms with van der Waals surface area (Å²) in [6.07, 6.45) is 5.53. The van der Waals surface area contributed by atoms with E-state index in [0.29, 0.717) is 23.6 Å². The summed E-state index contributed by atoms with van der Waals surface area (Å²) >= 11 is 0. The van der Waals surface area contributed by atoms with Gasteiger partial charge in [0.05, 0.1) is 25.1 Å². The number of carbonyl (C=O) groups excluding carboxylic acids is 1. The lowest BCUT2D eigenvalue weighted by Gasteiger charge is -2.14. The van der Waals surface area contributed by atoms with Crippen molar-refractivity contribution in [3.05, 3.63) is 42.2 Å². The molecule has 10 nitrogen and oxygen atoms in total. The monoisotopic (exact) mass is 397 g/mol. The fourth-order valence-electron chi connectivity index (χ4n) is 2.41. The van der Waals surface area contributed by atoms with Crippen molar-refractivity contribution in [2.45, 2.75) is 6.42 Å².